The van der Waals surface area contributed by atoms with Gasteiger partial charge in [0, 0.05) is 42.1 Å². The molecule has 0 aliphatic carbocycles. The average molecular weight is 449 g/mol. The van der Waals surface area contributed by atoms with Crippen molar-refractivity contribution >= 4 is 34.6 Å². The molecule has 0 atom stereocenters. The number of fused-ring (bicyclic) bond motifs is 1. The number of likely N-dealkylation sites (tertiary alicyclic amines) is 1. The number of aromatic nitrogens is 2. The minimum Gasteiger partial charge on any atom is -0.477 e. The third-order valence-electron chi connectivity index (χ3n) is 5.62. The fourth-order valence-corrected chi connectivity index (χ4v) is 3.83. The number of nitrogens with one attached hydrogen (secondary N) is 1. The summed E-state index contributed by atoms with van der Waals surface area (Å²) in [6.45, 7) is 5.41. The topological polar surface area (TPSA) is 97.6 Å². The summed E-state index contributed by atoms with van der Waals surface area (Å²) < 4.78 is 10.8. The molecular weight excluding hydrogens is 420 g/mol. The molecule has 33 heavy (non-hydrogen) atoms. The Kier molecular flexibility index (Phi) is 7.02. The van der Waals surface area contributed by atoms with E-state index in [1.165, 1.54) is 0 Å². The quantitative estimate of drug-likeness (QED) is 0.544. The van der Waals surface area contributed by atoms with Crippen LogP contribution in [0.15, 0.2) is 47.0 Å². The van der Waals surface area contributed by atoms with Gasteiger partial charge in [-0.2, -0.15) is 0 Å². The number of hydrogen-bond donors (Lipinski definition) is 1. The van der Waals surface area contributed by atoms with Crippen molar-refractivity contribution in [2.45, 2.75) is 33.1 Å². The van der Waals surface area contributed by atoms with Crippen molar-refractivity contribution in [1.82, 2.24) is 15.0 Å². The van der Waals surface area contributed by atoms with Crippen LogP contribution in [0.5, 0.6) is 5.88 Å². The Labute approximate surface area is 192 Å². The maximum Gasteiger partial charge on any atom is 0.246 e. The van der Waals surface area contributed by atoms with Gasteiger partial charge < -0.3 is 19.5 Å². The number of benzene rings is 1. The molecule has 0 radical (unpaired) electrons. The summed E-state index contributed by atoms with van der Waals surface area (Å²) in [7, 11) is 0. The first-order chi connectivity index (χ1) is 16.0. The molecule has 1 aromatic carbocycles. The van der Waals surface area contributed by atoms with E-state index >= 15 is 0 Å². The van der Waals surface area contributed by atoms with Crippen LogP contribution in [0.25, 0.3) is 17.0 Å². The number of carbonyl (C=O) groups excluding carboxylic acids is 2. The lowest BCUT2D eigenvalue weighted by Crippen LogP contribution is -2.40. The summed E-state index contributed by atoms with van der Waals surface area (Å²) in [5.74, 6) is 1.25. The first kappa shape index (κ1) is 22.5. The lowest BCUT2D eigenvalue weighted by atomic mass is 9.96. The van der Waals surface area contributed by atoms with E-state index < -0.39 is 0 Å². The molecule has 1 aliphatic heterocycles. The van der Waals surface area contributed by atoms with Crippen molar-refractivity contribution in [1.29, 1.82) is 0 Å². The lowest BCUT2D eigenvalue weighted by Gasteiger charge is -2.30. The number of ether oxygens (including phenoxy) is 1. The predicted octanol–water partition coefficient (Wildman–Crippen LogP) is 4.21. The Morgan fingerprint density at radius 2 is 2.03 bits per heavy atom. The van der Waals surface area contributed by atoms with E-state index in [0.29, 0.717) is 50.0 Å². The van der Waals surface area contributed by atoms with Gasteiger partial charge in [0.15, 0.2) is 5.82 Å². The zero-order chi connectivity index (χ0) is 23.2. The zero-order valence-electron chi connectivity index (χ0n) is 18.9. The van der Waals surface area contributed by atoms with Crippen molar-refractivity contribution in [3.05, 3.63) is 53.8 Å². The molecule has 0 spiro atoms. The molecule has 2 aromatic heterocycles. The molecule has 172 valence electrons. The van der Waals surface area contributed by atoms with Crippen LogP contribution in [0.4, 0.5) is 5.82 Å². The van der Waals surface area contributed by atoms with Gasteiger partial charge >= 0.3 is 0 Å². The summed E-state index contributed by atoms with van der Waals surface area (Å²) in [6, 6.07) is 11.5. The molecular formula is C25H28N4O4. The van der Waals surface area contributed by atoms with E-state index in [1.807, 2.05) is 37.3 Å². The van der Waals surface area contributed by atoms with Gasteiger partial charge in [0.2, 0.25) is 17.7 Å². The molecule has 2 amide bonds. The number of carbonyl (C=O) groups is 2. The number of anilines is 1. The number of pyridine rings is 1. The average Bonchev–Trinajstić information content (AvgIpc) is 3.25. The standard InChI is InChI=1S/C25H28N4O4/c1-3-14-32-25-20(16-19-6-4-5-7-21(19)26-25)8-9-23(30)29-12-10-18(11-13-29)24(31)27-22-15-17(2)33-28-22/h4-9,15-16,18H,3,10-14H2,1-2H3,(H,27,28,31)/b9-8+. The number of piperidine rings is 1. The highest BCUT2D eigenvalue weighted by atomic mass is 16.5. The van der Waals surface area contributed by atoms with Gasteiger partial charge in [0.1, 0.15) is 5.76 Å². The van der Waals surface area contributed by atoms with Gasteiger partial charge in [0.25, 0.3) is 0 Å². The van der Waals surface area contributed by atoms with E-state index in [2.05, 4.69) is 15.5 Å². The van der Waals surface area contributed by atoms with Crippen LogP contribution < -0.4 is 10.1 Å². The van der Waals surface area contributed by atoms with Gasteiger partial charge in [-0.1, -0.05) is 30.3 Å². The lowest BCUT2D eigenvalue weighted by molar-refractivity contribution is -0.130. The zero-order valence-corrected chi connectivity index (χ0v) is 18.9. The number of rotatable bonds is 7. The second-order valence-electron chi connectivity index (χ2n) is 8.17. The number of amides is 2. The van der Waals surface area contributed by atoms with E-state index in [9.17, 15) is 9.59 Å². The Bertz CT molecular complexity index is 1160. The summed E-state index contributed by atoms with van der Waals surface area (Å²) in [5.41, 5.74) is 1.63. The summed E-state index contributed by atoms with van der Waals surface area (Å²) >= 11 is 0. The SMILES string of the molecule is CCCOc1nc2ccccc2cc1/C=C/C(=O)N1CCC(C(=O)Nc2cc(C)on2)CC1. The van der Waals surface area contributed by atoms with Crippen molar-refractivity contribution in [3.63, 3.8) is 0 Å². The van der Waals surface area contributed by atoms with Crippen LogP contribution in [0, 0.1) is 12.8 Å². The molecule has 1 fully saturated rings. The summed E-state index contributed by atoms with van der Waals surface area (Å²) in [6.07, 6.45) is 5.40. The Hall–Kier alpha value is -3.68. The smallest absolute Gasteiger partial charge is 0.246 e. The molecule has 8 heteroatoms. The van der Waals surface area contributed by atoms with Crippen LogP contribution in [0.2, 0.25) is 0 Å². The molecule has 1 N–H and O–H groups in total. The number of nitrogens with zero attached hydrogens (tertiary/aromatic N) is 3. The second-order valence-corrected chi connectivity index (χ2v) is 8.17. The molecule has 0 bridgehead atoms. The van der Waals surface area contributed by atoms with Crippen LogP contribution in [-0.2, 0) is 9.59 Å². The third-order valence-corrected chi connectivity index (χ3v) is 5.62. The minimum absolute atomic E-state index is 0.0874. The first-order valence-corrected chi connectivity index (χ1v) is 11.3. The van der Waals surface area contributed by atoms with Crippen molar-refractivity contribution in [2.75, 3.05) is 25.0 Å². The van der Waals surface area contributed by atoms with E-state index in [0.717, 1.165) is 22.9 Å². The van der Waals surface area contributed by atoms with E-state index in [4.69, 9.17) is 9.26 Å². The number of hydrogen-bond acceptors (Lipinski definition) is 6. The first-order valence-electron chi connectivity index (χ1n) is 11.3. The maximum absolute atomic E-state index is 12.8. The van der Waals surface area contributed by atoms with Crippen molar-refractivity contribution in [3.8, 4) is 5.88 Å². The normalized spacial score (nSPS) is 14.7. The van der Waals surface area contributed by atoms with E-state index in [-0.39, 0.29) is 17.7 Å². The van der Waals surface area contributed by atoms with Gasteiger partial charge in [-0.25, -0.2) is 4.98 Å². The molecule has 4 rings (SSSR count). The third kappa shape index (κ3) is 5.58. The number of para-hydroxylation sites is 1. The Morgan fingerprint density at radius 3 is 2.76 bits per heavy atom. The van der Waals surface area contributed by atoms with Gasteiger partial charge in [0.05, 0.1) is 12.1 Å². The minimum atomic E-state index is -0.159. The van der Waals surface area contributed by atoms with Crippen molar-refractivity contribution in [2.24, 2.45) is 5.92 Å². The van der Waals surface area contributed by atoms with Crippen LogP contribution in [-0.4, -0.2) is 46.6 Å². The molecule has 3 heterocycles. The predicted molar refractivity (Wildman–Crippen MR) is 126 cm³/mol. The number of aryl methyl sites for hydroxylation is 1. The van der Waals surface area contributed by atoms with Crippen LogP contribution >= 0.6 is 0 Å². The molecule has 0 unspecified atom stereocenters. The van der Waals surface area contributed by atoms with Gasteiger partial charge in [-0.3, -0.25) is 9.59 Å². The van der Waals surface area contributed by atoms with Crippen molar-refractivity contribution < 1.29 is 18.8 Å². The Morgan fingerprint density at radius 1 is 1.24 bits per heavy atom. The van der Waals surface area contributed by atoms with Gasteiger partial charge in [-0.15, -0.1) is 0 Å². The molecule has 8 nitrogen and oxygen atoms in total. The fourth-order valence-electron chi connectivity index (χ4n) is 3.83. The summed E-state index contributed by atoms with van der Waals surface area (Å²) in [5, 5.41) is 7.56. The highest BCUT2D eigenvalue weighted by Crippen LogP contribution is 2.25. The summed E-state index contributed by atoms with van der Waals surface area (Å²) in [4.78, 5) is 31.6. The van der Waals surface area contributed by atoms with Gasteiger partial charge in [-0.05, 0) is 44.4 Å². The highest BCUT2D eigenvalue weighted by Gasteiger charge is 2.27. The molecule has 0 saturated carbocycles. The monoisotopic (exact) mass is 448 g/mol. The highest BCUT2D eigenvalue weighted by molar-refractivity contribution is 5.94. The van der Waals surface area contributed by atoms with Crippen LogP contribution in [0.3, 0.4) is 0 Å². The Balaban J connectivity index is 1.38. The fraction of sp³-hybridized carbons (Fsp3) is 0.360. The van der Waals surface area contributed by atoms with E-state index in [1.54, 1.807) is 30.0 Å². The largest absolute Gasteiger partial charge is 0.477 e. The second kappa shape index (κ2) is 10.3. The van der Waals surface area contributed by atoms with Crippen LogP contribution in [0.1, 0.15) is 37.5 Å². The molecule has 1 aliphatic rings. The molecule has 1 saturated heterocycles. The molecule has 3 aromatic rings. The maximum atomic E-state index is 12.8.